The largest absolute Gasteiger partial charge is 0.497 e. The van der Waals surface area contributed by atoms with Gasteiger partial charge in [0.1, 0.15) is 24.1 Å². The van der Waals surface area contributed by atoms with E-state index in [0.717, 1.165) is 11.1 Å². The topological polar surface area (TPSA) is 89.0 Å². The van der Waals surface area contributed by atoms with Crippen molar-refractivity contribution in [2.45, 2.75) is 26.0 Å². The number of benzene rings is 3. The van der Waals surface area contributed by atoms with Crippen molar-refractivity contribution in [2.75, 3.05) is 7.11 Å². The van der Waals surface area contributed by atoms with Crippen molar-refractivity contribution in [3.05, 3.63) is 92.4 Å². The predicted octanol–water partition coefficient (Wildman–Crippen LogP) is 5.43. The summed E-state index contributed by atoms with van der Waals surface area (Å²) in [4.78, 5) is 24.7. The van der Waals surface area contributed by atoms with E-state index in [0.29, 0.717) is 32.1 Å². The van der Waals surface area contributed by atoms with Gasteiger partial charge in [0.25, 0.3) is 5.91 Å². The second kappa shape index (κ2) is 13.2. The van der Waals surface area contributed by atoms with Gasteiger partial charge in [-0.3, -0.25) is 9.59 Å². The van der Waals surface area contributed by atoms with Crippen LogP contribution in [0, 0.1) is 0 Å². The molecule has 0 saturated heterocycles. The van der Waals surface area contributed by atoms with Crippen LogP contribution in [0.4, 0.5) is 0 Å². The number of hydrazone groups is 1. The molecule has 10 heteroatoms. The van der Waals surface area contributed by atoms with E-state index < -0.39 is 11.9 Å². The smallest absolute Gasteiger partial charge is 0.262 e. The highest BCUT2D eigenvalue weighted by atomic mass is 35.5. The van der Waals surface area contributed by atoms with E-state index in [4.69, 9.17) is 44.3 Å². The summed E-state index contributed by atoms with van der Waals surface area (Å²) in [5.74, 6) is 0.418. The molecule has 7 nitrogen and oxygen atoms in total. The molecule has 1 atom stereocenters. The maximum Gasteiger partial charge on any atom is 0.262 e. The Kier molecular flexibility index (Phi) is 9.99. The van der Waals surface area contributed by atoms with Gasteiger partial charge in [-0.1, -0.05) is 53.0 Å². The molecule has 2 amide bonds. The van der Waals surface area contributed by atoms with Gasteiger partial charge in [0.15, 0.2) is 0 Å². The molecule has 0 spiro atoms. The molecule has 3 aromatic carbocycles. The SMILES string of the molecule is COc1ccc(CC(=O)NC(C)C(=O)NN=Cc2cc(Cl)ccc2OCc2ccc(Cl)cc2Cl)cc1. The standard InChI is InChI=1S/C26H24Cl3N3O4/c1-16(31-25(33)11-17-3-8-22(35-2)9-4-17)26(34)32-30-14-19-12-20(27)7-10-24(19)36-15-18-5-6-21(28)13-23(18)29/h3-10,12-14,16H,11,15H2,1-2H3,(H,31,33)(H,32,34). The molecule has 1 unspecified atom stereocenters. The second-order valence-electron chi connectivity index (χ2n) is 7.75. The van der Waals surface area contributed by atoms with Crippen LogP contribution < -0.4 is 20.2 Å². The van der Waals surface area contributed by atoms with Crippen molar-refractivity contribution in [2.24, 2.45) is 5.10 Å². The Balaban J connectivity index is 1.55. The number of ether oxygens (including phenoxy) is 2. The van der Waals surface area contributed by atoms with Crippen LogP contribution in [0.25, 0.3) is 0 Å². The number of hydrogen-bond acceptors (Lipinski definition) is 5. The van der Waals surface area contributed by atoms with E-state index >= 15 is 0 Å². The zero-order chi connectivity index (χ0) is 26.1. The normalized spacial score (nSPS) is 11.7. The number of nitrogens with zero attached hydrogens (tertiary/aromatic N) is 1. The summed E-state index contributed by atoms with van der Waals surface area (Å²) in [7, 11) is 1.57. The molecule has 0 bridgehead atoms. The Morgan fingerprint density at radius 1 is 1.00 bits per heavy atom. The Labute approximate surface area is 224 Å². The number of amides is 2. The van der Waals surface area contributed by atoms with Crippen molar-refractivity contribution in [1.29, 1.82) is 0 Å². The molecule has 0 aromatic heterocycles. The summed E-state index contributed by atoms with van der Waals surface area (Å²) < 4.78 is 11.0. The minimum atomic E-state index is -0.796. The van der Waals surface area contributed by atoms with Crippen LogP contribution in [-0.2, 0) is 22.6 Å². The molecule has 188 valence electrons. The summed E-state index contributed by atoms with van der Waals surface area (Å²) >= 11 is 18.3. The van der Waals surface area contributed by atoms with Gasteiger partial charge >= 0.3 is 0 Å². The monoisotopic (exact) mass is 547 g/mol. The van der Waals surface area contributed by atoms with E-state index in [1.54, 1.807) is 74.7 Å². The number of hydrogen-bond donors (Lipinski definition) is 2. The van der Waals surface area contributed by atoms with Crippen LogP contribution >= 0.6 is 34.8 Å². The fraction of sp³-hybridized carbons (Fsp3) is 0.192. The molecule has 0 radical (unpaired) electrons. The minimum absolute atomic E-state index is 0.131. The third-order valence-electron chi connectivity index (χ3n) is 5.04. The average molecular weight is 549 g/mol. The third kappa shape index (κ3) is 8.16. The van der Waals surface area contributed by atoms with E-state index in [1.807, 2.05) is 0 Å². The van der Waals surface area contributed by atoms with E-state index in [2.05, 4.69) is 15.8 Å². The zero-order valence-electron chi connectivity index (χ0n) is 19.6. The molecule has 0 saturated carbocycles. The van der Waals surface area contributed by atoms with E-state index in [-0.39, 0.29) is 18.9 Å². The van der Waals surface area contributed by atoms with Gasteiger partial charge in [0.2, 0.25) is 5.91 Å². The molecule has 3 rings (SSSR count). The van der Waals surface area contributed by atoms with Crippen molar-refractivity contribution < 1.29 is 19.1 Å². The zero-order valence-corrected chi connectivity index (χ0v) is 21.8. The van der Waals surface area contributed by atoms with Crippen LogP contribution in [0.15, 0.2) is 65.8 Å². The first-order chi connectivity index (χ1) is 17.2. The molecule has 2 N–H and O–H groups in total. The highest BCUT2D eigenvalue weighted by Crippen LogP contribution is 2.25. The second-order valence-corrected chi connectivity index (χ2v) is 9.03. The van der Waals surface area contributed by atoms with Crippen LogP contribution in [0.3, 0.4) is 0 Å². The van der Waals surface area contributed by atoms with Crippen LogP contribution in [0.1, 0.15) is 23.6 Å². The molecule has 0 aliphatic rings. The molecule has 0 aliphatic carbocycles. The van der Waals surface area contributed by atoms with Gasteiger partial charge in [0.05, 0.1) is 19.7 Å². The summed E-state index contributed by atoms with van der Waals surface area (Å²) in [5, 5.41) is 8.13. The number of methoxy groups -OCH3 is 1. The molecule has 0 aliphatic heterocycles. The fourth-order valence-electron chi connectivity index (χ4n) is 3.09. The summed E-state index contributed by atoms with van der Waals surface area (Å²) in [6.45, 7) is 1.77. The highest BCUT2D eigenvalue weighted by Gasteiger charge is 2.15. The quantitative estimate of drug-likeness (QED) is 0.261. The molecule has 3 aromatic rings. The number of halogens is 3. The predicted molar refractivity (Wildman–Crippen MR) is 142 cm³/mol. The van der Waals surface area contributed by atoms with Crippen molar-refractivity contribution in [3.8, 4) is 11.5 Å². The first kappa shape index (κ1) is 27.3. The lowest BCUT2D eigenvalue weighted by molar-refractivity contribution is -0.128. The van der Waals surface area contributed by atoms with Gasteiger partial charge in [-0.15, -0.1) is 0 Å². The lowest BCUT2D eigenvalue weighted by Gasteiger charge is -2.13. The van der Waals surface area contributed by atoms with Crippen molar-refractivity contribution in [3.63, 3.8) is 0 Å². The van der Waals surface area contributed by atoms with Crippen LogP contribution in [-0.4, -0.2) is 31.2 Å². The first-order valence-electron chi connectivity index (χ1n) is 10.9. The van der Waals surface area contributed by atoms with Gasteiger partial charge in [-0.25, -0.2) is 5.43 Å². The molecule has 0 fully saturated rings. The molecular formula is C26H24Cl3N3O4. The Morgan fingerprint density at radius 2 is 1.69 bits per heavy atom. The van der Waals surface area contributed by atoms with Gasteiger partial charge in [0, 0.05) is 26.2 Å². The summed E-state index contributed by atoms with van der Waals surface area (Å²) in [6.07, 6.45) is 1.54. The molecule has 0 heterocycles. The summed E-state index contributed by atoms with van der Waals surface area (Å²) in [5.41, 5.74) is 4.52. The minimum Gasteiger partial charge on any atom is -0.497 e. The van der Waals surface area contributed by atoms with Crippen molar-refractivity contribution in [1.82, 2.24) is 10.7 Å². The maximum atomic E-state index is 12.4. The summed E-state index contributed by atoms with van der Waals surface area (Å²) in [6, 6.07) is 16.5. The number of nitrogens with one attached hydrogen (secondary N) is 2. The van der Waals surface area contributed by atoms with E-state index in [9.17, 15) is 9.59 Å². The number of carbonyl (C=O) groups excluding carboxylic acids is 2. The van der Waals surface area contributed by atoms with Crippen LogP contribution in [0.5, 0.6) is 11.5 Å². The maximum absolute atomic E-state index is 12.4. The lowest BCUT2D eigenvalue weighted by Crippen LogP contribution is -2.43. The lowest BCUT2D eigenvalue weighted by atomic mass is 10.1. The van der Waals surface area contributed by atoms with Crippen molar-refractivity contribution >= 4 is 52.8 Å². The van der Waals surface area contributed by atoms with Gasteiger partial charge < -0.3 is 14.8 Å². The Morgan fingerprint density at radius 3 is 2.39 bits per heavy atom. The molecular weight excluding hydrogens is 525 g/mol. The first-order valence-corrected chi connectivity index (χ1v) is 12.0. The highest BCUT2D eigenvalue weighted by molar-refractivity contribution is 6.35. The third-order valence-corrected chi connectivity index (χ3v) is 5.87. The number of carbonyl (C=O) groups is 2. The van der Waals surface area contributed by atoms with Crippen LogP contribution in [0.2, 0.25) is 15.1 Å². The Bertz CT molecular complexity index is 1250. The fourth-order valence-corrected chi connectivity index (χ4v) is 3.74. The number of rotatable bonds is 10. The van der Waals surface area contributed by atoms with Gasteiger partial charge in [-0.05, 0) is 55.0 Å². The molecule has 36 heavy (non-hydrogen) atoms. The van der Waals surface area contributed by atoms with Gasteiger partial charge in [-0.2, -0.15) is 5.10 Å². The Hall–Kier alpha value is -3.26. The van der Waals surface area contributed by atoms with E-state index in [1.165, 1.54) is 6.21 Å². The average Bonchev–Trinajstić information content (AvgIpc) is 2.84.